The van der Waals surface area contributed by atoms with Gasteiger partial charge in [-0.05, 0) is 62.2 Å². The topological polar surface area (TPSA) is 38.5 Å². The van der Waals surface area contributed by atoms with Gasteiger partial charge in [0, 0.05) is 28.6 Å². The van der Waals surface area contributed by atoms with Crippen molar-refractivity contribution in [2.24, 2.45) is 5.73 Å². The molecule has 0 saturated heterocycles. The number of nitrogens with two attached hydrogens (primary N) is 1. The van der Waals surface area contributed by atoms with Gasteiger partial charge in [0.2, 0.25) is 0 Å². The predicted octanol–water partition coefficient (Wildman–Crippen LogP) is 4.42. The highest BCUT2D eigenvalue weighted by atomic mass is 79.9. The van der Waals surface area contributed by atoms with Crippen LogP contribution in [0.1, 0.15) is 10.9 Å². The third-order valence-corrected chi connectivity index (χ3v) is 6.52. The quantitative estimate of drug-likeness (QED) is 0.779. The second-order valence-electron chi connectivity index (χ2n) is 4.33. The van der Waals surface area contributed by atoms with E-state index in [0.29, 0.717) is 6.54 Å². The summed E-state index contributed by atoms with van der Waals surface area (Å²) in [5.74, 6) is 0.855. The van der Waals surface area contributed by atoms with Crippen LogP contribution in [0.25, 0.3) is 0 Å². The van der Waals surface area contributed by atoms with Gasteiger partial charge in [-0.1, -0.05) is 0 Å². The summed E-state index contributed by atoms with van der Waals surface area (Å²) in [6.07, 6.45) is 0. The minimum Gasteiger partial charge on any atom is -0.497 e. The van der Waals surface area contributed by atoms with Crippen LogP contribution in [0.2, 0.25) is 0 Å². The van der Waals surface area contributed by atoms with E-state index in [0.717, 1.165) is 19.7 Å². The third kappa shape index (κ3) is 3.36. The molecule has 3 nitrogen and oxygen atoms in total. The van der Waals surface area contributed by atoms with Crippen LogP contribution < -0.4 is 15.4 Å². The summed E-state index contributed by atoms with van der Waals surface area (Å²) in [5, 5.41) is 0. The van der Waals surface area contributed by atoms with Gasteiger partial charge in [0.05, 0.1) is 16.9 Å². The van der Waals surface area contributed by atoms with Gasteiger partial charge in [0.1, 0.15) is 5.75 Å². The molecule has 2 rings (SSSR count). The molecule has 1 unspecified atom stereocenters. The highest BCUT2D eigenvalue weighted by Gasteiger charge is 2.19. The van der Waals surface area contributed by atoms with Crippen LogP contribution in [0.4, 0.5) is 5.69 Å². The lowest BCUT2D eigenvalue weighted by molar-refractivity contribution is 0.415. The number of halogens is 2. The van der Waals surface area contributed by atoms with E-state index in [1.807, 2.05) is 24.3 Å². The molecule has 1 aromatic carbocycles. The number of rotatable bonds is 5. The molecule has 2 N–H and O–H groups in total. The van der Waals surface area contributed by atoms with Crippen molar-refractivity contribution in [1.82, 2.24) is 0 Å². The summed E-state index contributed by atoms with van der Waals surface area (Å²) < 4.78 is 7.35. The Kier molecular flexibility index (Phi) is 5.49. The molecule has 0 amide bonds. The number of hydrogen-bond donors (Lipinski definition) is 1. The van der Waals surface area contributed by atoms with Gasteiger partial charge in [-0.2, -0.15) is 0 Å². The second-order valence-corrected chi connectivity index (χ2v) is 7.59. The Morgan fingerprint density at radius 1 is 1.30 bits per heavy atom. The third-order valence-electron chi connectivity index (χ3n) is 3.16. The Labute approximate surface area is 140 Å². The number of ether oxygens (including phenoxy) is 1. The molecule has 1 aromatic heterocycles. The number of methoxy groups -OCH3 is 1. The molecule has 0 aliphatic heterocycles. The summed E-state index contributed by atoms with van der Waals surface area (Å²) >= 11 is 8.76. The maximum absolute atomic E-state index is 5.97. The SMILES string of the molecule is COc1ccc(N(C)C(CN)c2cc(Br)c(Br)s2)cc1. The molecule has 6 heteroatoms. The van der Waals surface area contributed by atoms with Crippen LogP contribution in [-0.4, -0.2) is 20.7 Å². The fourth-order valence-electron chi connectivity index (χ4n) is 1.99. The smallest absolute Gasteiger partial charge is 0.119 e. The zero-order chi connectivity index (χ0) is 14.7. The molecule has 0 saturated carbocycles. The van der Waals surface area contributed by atoms with Crippen molar-refractivity contribution in [3.05, 3.63) is 43.5 Å². The minimum absolute atomic E-state index is 0.149. The number of likely N-dealkylation sites (N-methyl/N-ethyl adjacent to an activating group) is 1. The summed E-state index contributed by atoms with van der Waals surface area (Å²) in [7, 11) is 3.73. The number of anilines is 1. The maximum Gasteiger partial charge on any atom is 0.119 e. The molecular formula is C14H16Br2N2OS. The van der Waals surface area contributed by atoms with Gasteiger partial charge in [-0.15, -0.1) is 11.3 Å². The van der Waals surface area contributed by atoms with Gasteiger partial charge in [-0.25, -0.2) is 0 Å². The Hall–Kier alpha value is -0.560. The molecule has 1 heterocycles. The first kappa shape index (κ1) is 15.8. The van der Waals surface area contributed by atoms with E-state index in [1.165, 1.54) is 4.88 Å². The van der Waals surface area contributed by atoms with E-state index >= 15 is 0 Å². The largest absolute Gasteiger partial charge is 0.497 e. The molecule has 108 valence electrons. The van der Waals surface area contributed by atoms with Crippen molar-refractivity contribution in [1.29, 1.82) is 0 Å². The Balaban J connectivity index is 2.25. The Bertz CT molecular complexity index is 552. The zero-order valence-electron chi connectivity index (χ0n) is 11.3. The van der Waals surface area contributed by atoms with Crippen LogP contribution in [0, 0.1) is 0 Å². The normalized spacial score (nSPS) is 12.2. The van der Waals surface area contributed by atoms with Crippen LogP contribution in [0.15, 0.2) is 38.6 Å². The fourth-order valence-corrected chi connectivity index (χ4v) is 4.24. The lowest BCUT2D eigenvalue weighted by Crippen LogP contribution is -2.29. The average Bonchev–Trinajstić information content (AvgIpc) is 2.79. The van der Waals surface area contributed by atoms with Crippen molar-refractivity contribution in [3.8, 4) is 5.75 Å². The average molecular weight is 420 g/mol. The number of benzene rings is 1. The van der Waals surface area contributed by atoms with E-state index in [9.17, 15) is 0 Å². The van der Waals surface area contributed by atoms with E-state index in [-0.39, 0.29) is 6.04 Å². The summed E-state index contributed by atoms with van der Waals surface area (Å²) in [6, 6.07) is 10.3. The van der Waals surface area contributed by atoms with Crippen molar-refractivity contribution in [3.63, 3.8) is 0 Å². The molecule has 0 spiro atoms. The summed E-state index contributed by atoms with van der Waals surface area (Å²) in [6.45, 7) is 0.557. The lowest BCUT2D eigenvalue weighted by atomic mass is 10.2. The van der Waals surface area contributed by atoms with Gasteiger partial charge in [-0.3, -0.25) is 0 Å². The van der Waals surface area contributed by atoms with Crippen molar-refractivity contribution < 1.29 is 4.74 Å². The lowest BCUT2D eigenvalue weighted by Gasteiger charge is -2.28. The first-order chi connectivity index (χ1) is 9.56. The molecule has 2 aromatic rings. The highest BCUT2D eigenvalue weighted by Crippen LogP contribution is 2.38. The van der Waals surface area contributed by atoms with Crippen LogP contribution >= 0.6 is 43.2 Å². The Morgan fingerprint density at radius 2 is 1.95 bits per heavy atom. The number of thiophene rings is 1. The molecular weight excluding hydrogens is 404 g/mol. The first-order valence-corrected chi connectivity index (χ1v) is 8.48. The van der Waals surface area contributed by atoms with E-state index < -0.39 is 0 Å². The van der Waals surface area contributed by atoms with Crippen molar-refractivity contribution in [2.75, 3.05) is 25.6 Å². The molecule has 1 atom stereocenters. The highest BCUT2D eigenvalue weighted by molar-refractivity contribution is 9.13. The van der Waals surface area contributed by atoms with Crippen LogP contribution in [0.3, 0.4) is 0 Å². The fraction of sp³-hybridized carbons (Fsp3) is 0.286. The van der Waals surface area contributed by atoms with Gasteiger partial charge in [0.15, 0.2) is 0 Å². The monoisotopic (exact) mass is 418 g/mol. The molecule has 20 heavy (non-hydrogen) atoms. The van der Waals surface area contributed by atoms with E-state index in [1.54, 1.807) is 18.4 Å². The predicted molar refractivity (Wildman–Crippen MR) is 92.9 cm³/mol. The van der Waals surface area contributed by atoms with E-state index in [2.05, 4.69) is 49.9 Å². The molecule has 0 fully saturated rings. The molecule has 0 aliphatic rings. The van der Waals surface area contributed by atoms with Crippen LogP contribution in [-0.2, 0) is 0 Å². The van der Waals surface area contributed by atoms with Gasteiger partial charge >= 0.3 is 0 Å². The standard InChI is InChI=1S/C14H16Br2N2OS/c1-18(9-3-5-10(19-2)6-4-9)12(8-17)13-7-11(15)14(16)20-13/h3-7,12H,8,17H2,1-2H3. The van der Waals surface area contributed by atoms with Crippen molar-refractivity contribution in [2.45, 2.75) is 6.04 Å². The van der Waals surface area contributed by atoms with E-state index in [4.69, 9.17) is 10.5 Å². The van der Waals surface area contributed by atoms with Gasteiger partial charge in [0.25, 0.3) is 0 Å². The minimum atomic E-state index is 0.149. The summed E-state index contributed by atoms with van der Waals surface area (Å²) in [5.41, 5.74) is 7.08. The number of hydrogen-bond acceptors (Lipinski definition) is 4. The second kappa shape index (κ2) is 6.93. The molecule has 0 radical (unpaired) electrons. The Morgan fingerprint density at radius 3 is 2.40 bits per heavy atom. The molecule has 0 bridgehead atoms. The van der Waals surface area contributed by atoms with Crippen molar-refractivity contribution >= 4 is 48.9 Å². The zero-order valence-corrected chi connectivity index (χ0v) is 15.3. The van der Waals surface area contributed by atoms with Crippen LogP contribution in [0.5, 0.6) is 5.75 Å². The summed E-state index contributed by atoms with van der Waals surface area (Å²) in [4.78, 5) is 3.41. The maximum atomic E-state index is 5.97. The number of nitrogens with zero attached hydrogens (tertiary/aromatic N) is 1. The van der Waals surface area contributed by atoms with Gasteiger partial charge < -0.3 is 15.4 Å². The molecule has 0 aliphatic carbocycles. The first-order valence-electron chi connectivity index (χ1n) is 6.08.